The van der Waals surface area contributed by atoms with Gasteiger partial charge in [0.05, 0.1) is 6.20 Å². The van der Waals surface area contributed by atoms with Gasteiger partial charge in [-0.3, -0.25) is 14.3 Å². The Morgan fingerprint density at radius 2 is 2.28 bits per heavy atom. The summed E-state index contributed by atoms with van der Waals surface area (Å²) in [4.78, 5) is 13.1. The number of aromatic amines is 1. The quantitative estimate of drug-likeness (QED) is 0.553. The van der Waals surface area contributed by atoms with Crippen molar-refractivity contribution in [1.82, 2.24) is 9.55 Å². The molecule has 9 heteroatoms. The molecule has 2 heterocycles. The maximum absolute atomic E-state index is 13.0. The SMILES string of the molecule is [B]CO.[B][C@@H]1CCC(n2cc(F)c(=O)[nH]c2=S)O1. The fourth-order valence-corrected chi connectivity index (χ4v) is 1.79. The lowest BCUT2D eigenvalue weighted by molar-refractivity contribution is 0.0346. The van der Waals surface area contributed by atoms with Crippen LogP contribution in [0.1, 0.15) is 19.1 Å². The van der Waals surface area contributed by atoms with Crippen LogP contribution in [0.5, 0.6) is 0 Å². The lowest BCUT2D eigenvalue weighted by Gasteiger charge is -2.15. The van der Waals surface area contributed by atoms with E-state index in [9.17, 15) is 9.18 Å². The van der Waals surface area contributed by atoms with Crippen molar-refractivity contribution < 1.29 is 14.2 Å². The Balaban J connectivity index is 0.000000492. The summed E-state index contributed by atoms with van der Waals surface area (Å²) >= 11 is 4.89. The molecule has 18 heavy (non-hydrogen) atoms. The van der Waals surface area contributed by atoms with E-state index in [1.807, 2.05) is 0 Å². The Morgan fingerprint density at radius 3 is 2.78 bits per heavy atom. The van der Waals surface area contributed by atoms with Crippen LogP contribution in [0.25, 0.3) is 0 Å². The van der Waals surface area contributed by atoms with Crippen LogP contribution < -0.4 is 5.56 Å². The second-order valence-corrected chi connectivity index (χ2v) is 3.92. The van der Waals surface area contributed by atoms with Crippen molar-refractivity contribution >= 4 is 27.9 Å². The summed E-state index contributed by atoms with van der Waals surface area (Å²) < 4.78 is 19.8. The Morgan fingerprint density at radius 1 is 1.67 bits per heavy atom. The number of hydrogen-bond donors (Lipinski definition) is 2. The van der Waals surface area contributed by atoms with Gasteiger partial charge in [-0.25, -0.2) is 0 Å². The molecule has 1 aromatic heterocycles. The van der Waals surface area contributed by atoms with Gasteiger partial charge in [-0.05, 0) is 25.1 Å². The molecule has 1 aromatic rings. The van der Waals surface area contributed by atoms with E-state index in [1.54, 1.807) is 0 Å². The van der Waals surface area contributed by atoms with Crippen molar-refractivity contribution in [1.29, 1.82) is 0 Å². The smallest absolute Gasteiger partial charge is 0.287 e. The van der Waals surface area contributed by atoms with Crippen LogP contribution >= 0.6 is 12.2 Å². The number of aliphatic hydroxyl groups excluding tert-OH is 1. The largest absolute Gasteiger partial charge is 0.406 e. The summed E-state index contributed by atoms with van der Waals surface area (Å²) in [6.45, 7) is -0.250. The predicted molar refractivity (Wildman–Crippen MR) is 67.6 cm³/mol. The molecule has 1 aliphatic rings. The van der Waals surface area contributed by atoms with E-state index in [-0.39, 0.29) is 23.5 Å². The minimum absolute atomic E-state index is 0.139. The van der Waals surface area contributed by atoms with Crippen molar-refractivity contribution in [3.63, 3.8) is 0 Å². The molecule has 2 rings (SSSR count). The highest BCUT2D eigenvalue weighted by Crippen LogP contribution is 2.26. The zero-order valence-electron chi connectivity index (χ0n) is 9.51. The first-order valence-electron chi connectivity index (χ1n) is 5.22. The monoisotopic (exact) mass is 268 g/mol. The second kappa shape index (κ2) is 6.86. The highest BCUT2D eigenvalue weighted by Gasteiger charge is 2.23. The summed E-state index contributed by atoms with van der Waals surface area (Å²) in [5.74, 6) is -0.882. The second-order valence-electron chi connectivity index (χ2n) is 3.53. The molecule has 0 aromatic carbocycles. The lowest BCUT2D eigenvalue weighted by Crippen LogP contribution is -2.20. The van der Waals surface area contributed by atoms with Crippen molar-refractivity contribution in [2.75, 3.05) is 6.51 Å². The number of nitrogens with zero attached hydrogens (tertiary/aromatic N) is 1. The molecule has 0 aliphatic carbocycles. The third kappa shape index (κ3) is 3.79. The number of aromatic nitrogens is 2. The lowest BCUT2D eigenvalue weighted by atomic mass is 9.98. The van der Waals surface area contributed by atoms with Gasteiger partial charge >= 0.3 is 0 Å². The number of rotatable bonds is 1. The number of aliphatic hydroxyl groups is 1. The van der Waals surface area contributed by atoms with E-state index in [2.05, 4.69) is 12.8 Å². The van der Waals surface area contributed by atoms with Crippen molar-refractivity contribution in [2.45, 2.75) is 25.1 Å². The summed E-state index contributed by atoms with van der Waals surface area (Å²) in [5.41, 5.74) is -0.821. The highest BCUT2D eigenvalue weighted by molar-refractivity contribution is 7.71. The molecule has 94 valence electrons. The molecule has 5 nitrogen and oxygen atoms in total. The number of halogens is 1. The summed E-state index contributed by atoms with van der Waals surface area (Å²) in [6.07, 6.45) is 2.00. The average Bonchev–Trinajstić information content (AvgIpc) is 2.71. The minimum Gasteiger partial charge on any atom is -0.406 e. The third-order valence-electron chi connectivity index (χ3n) is 2.26. The molecule has 4 radical (unpaired) electrons. The topological polar surface area (TPSA) is 67.2 Å². The maximum Gasteiger partial charge on any atom is 0.287 e. The molecule has 1 aliphatic heterocycles. The number of ether oxygens (including phenoxy) is 1. The molecule has 0 spiro atoms. The normalized spacial score (nSPS) is 22.3. The molecule has 1 saturated heterocycles. The first-order chi connectivity index (χ1) is 8.49. The van der Waals surface area contributed by atoms with Crippen molar-refractivity contribution in [2.24, 2.45) is 0 Å². The minimum atomic E-state index is -0.882. The van der Waals surface area contributed by atoms with Crippen LogP contribution in [-0.4, -0.2) is 42.9 Å². The Bertz CT molecular complexity index is 507. The number of hydrogen-bond acceptors (Lipinski definition) is 4. The molecule has 1 fully saturated rings. The fraction of sp³-hybridized carbons (Fsp3) is 0.556. The van der Waals surface area contributed by atoms with Crippen LogP contribution in [0.3, 0.4) is 0 Å². The third-order valence-corrected chi connectivity index (χ3v) is 2.58. The van der Waals surface area contributed by atoms with Crippen molar-refractivity contribution in [3.05, 3.63) is 27.1 Å². The van der Waals surface area contributed by atoms with Gasteiger partial charge in [0.25, 0.3) is 5.56 Å². The van der Waals surface area contributed by atoms with Crippen LogP contribution in [-0.2, 0) is 4.74 Å². The fourth-order valence-electron chi connectivity index (χ4n) is 1.52. The van der Waals surface area contributed by atoms with Gasteiger partial charge in [0.1, 0.15) is 21.9 Å². The van der Waals surface area contributed by atoms with Crippen LogP contribution in [0.15, 0.2) is 11.0 Å². The number of nitrogens with one attached hydrogen (secondary N) is 1. The van der Waals surface area contributed by atoms with Crippen LogP contribution in [0.2, 0.25) is 0 Å². The average molecular weight is 268 g/mol. The van der Waals surface area contributed by atoms with Gasteiger partial charge in [0, 0.05) is 12.5 Å². The van der Waals surface area contributed by atoms with Crippen LogP contribution in [0, 0.1) is 10.6 Å². The molecule has 0 bridgehead atoms. The van der Waals surface area contributed by atoms with E-state index in [0.717, 1.165) is 6.20 Å². The van der Waals surface area contributed by atoms with Crippen LogP contribution in [0.4, 0.5) is 4.39 Å². The summed E-state index contributed by atoms with van der Waals surface area (Å²) in [7, 11) is 9.95. The van der Waals surface area contributed by atoms with Gasteiger partial charge in [0.2, 0.25) is 5.82 Å². The van der Waals surface area contributed by atoms with Gasteiger partial charge in [0.15, 0.2) is 4.77 Å². The Hall–Kier alpha value is -0.920. The zero-order valence-corrected chi connectivity index (χ0v) is 10.3. The van der Waals surface area contributed by atoms with E-state index in [4.69, 9.17) is 29.9 Å². The Labute approximate surface area is 111 Å². The van der Waals surface area contributed by atoms with E-state index >= 15 is 0 Å². The van der Waals surface area contributed by atoms with Gasteiger partial charge < -0.3 is 9.84 Å². The van der Waals surface area contributed by atoms with Gasteiger partial charge in [-0.2, -0.15) is 4.39 Å². The standard InChI is InChI=1S/C8H8BFN2O2S.CH3BO/c9-5-1-2-6(14-5)12-3-4(10)7(13)11-8(12)15;2-1-3/h3,5-6H,1-2H2,(H,11,13,15);3H,1H2/t5-,6?;/m0./s1. The molecule has 0 amide bonds. The van der Waals surface area contributed by atoms with Gasteiger partial charge in [-0.1, -0.05) is 0 Å². The zero-order chi connectivity index (χ0) is 13.7. The molecular formula is C9H11B2FN2O3S. The van der Waals surface area contributed by atoms with Crippen molar-refractivity contribution in [3.8, 4) is 0 Å². The van der Waals surface area contributed by atoms with E-state index in [1.165, 1.54) is 4.57 Å². The predicted octanol–water partition coefficient (Wildman–Crippen LogP) is -0.0467. The maximum atomic E-state index is 13.0. The summed E-state index contributed by atoms with van der Waals surface area (Å²) in [6, 6.07) is -0.355. The first-order valence-corrected chi connectivity index (χ1v) is 5.63. The molecular weight excluding hydrogens is 257 g/mol. The highest BCUT2D eigenvalue weighted by atomic mass is 32.1. The van der Waals surface area contributed by atoms with Gasteiger partial charge in [-0.15, -0.1) is 0 Å². The van der Waals surface area contributed by atoms with E-state index < -0.39 is 11.4 Å². The Kier molecular flexibility index (Phi) is 5.77. The molecule has 2 N–H and O–H groups in total. The summed E-state index contributed by atoms with van der Waals surface area (Å²) in [5, 5.41) is 7.35. The molecule has 2 atom stereocenters. The molecule has 1 unspecified atom stereocenters. The molecule has 0 saturated carbocycles. The number of H-pyrrole nitrogens is 1. The first kappa shape index (κ1) is 15.1. The van der Waals surface area contributed by atoms with E-state index in [0.29, 0.717) is 12.8 Å².